The van der Waals surface area contributed by atoms with Crippen LogP contribution in [0.5, 0.6) is 0 Å². The molecule has 0 saturated carbocycles. The van der Waals surface area contributed by atoms with Crippen LogP contribution in [0.1, 0.15) is 18.0 Å². The Bertz CT molecular complexity index is 446. The van der Waals surface area contributed by atoms with Gasteiger partial charge in [0.15, 0.2) is 0 Å². The Morgan fingerprint density at radius 3 is 2.83 bits per heavy atom. The molecule has 1 unspecified atom stereocenters. The molecule has 1 amide bonds. The quantitative estimate of drug-likeness (QED) is 0.785. The molecule has 0 bridgehead atoms. The van der Waals surface area contributed by atoms with E-state index >= 15 is 0 Å². The maximum absolute atomic E-state index is 11.4. The van der Waals surface area contributed by atoms with E-state index in [1.54, 1.807) is 5.38 Å². The van der Waals surface area contributed by atoms with Crippen LogP contribution in [0.15, 0.2) is 27.9 Å². The zero-order chi connectivity index (χ0) is 13.5. The fourth-order valence-corrected chi connectivity index (χ4v) is 2.90. The summed E-state index contributed by atoms with van der Waals surface area (Å²) in [6.45, 7) is 3.50. The van der Waals surface area contributed by atoms with Crippen LogP contribution < -0.4 is 5.32 Å². The average molecular weight is 334 g/mol. The van der Waals surface area contributed by atoms with Gasteiger partial charge in [-0.25, -0.2) is 4.79 Å². The van der Waals surface area contributed by atoms with Crippen LogP contribution in [0.3, 0.4) is 0 Å². The zero-order valence-corrected chi connectivity index (χ0v) is 11.8. The molecule has 1 aromatic rings. The number of hydrogen-bond donors (Lipinski definition) is 2. The summed E-state index contributed by atoms with van der Waals surface area (Å²) in [4.78, 5) is 22.2. The van der Waals surface area contributed by atoms with Crippen molar-refractivity contribution in [1.29, 1.82) is 0 Å². The molecule has 2 N–H and O–H groups in total. The minimum Gasteiger partial charge on any atom is -0.481 e. The highest BCUT2D eigenvalue weighted by Gasteiger charge is 2.21. The Balaban J connectivity index is 2.73. The van der Waals surface area contributed by atoms with Crippen molar-refractivity contribution in [3.8, 4) is 0 Å². The number of thiophene rings is 1. The Morgan fingerprint density at radius 2 is 2.33 bits per heavy atom. The SMILES string of the molecule is C=CCOC(=O)NC(CC(=O)O)c1cscc1Br. The van der Waals surface area contributed by atoms with Crippen LogP contribution >= 0.6 is 27.3 Å². The average Bonchev–Trinajstić information content (AvgIpc) is 2.71. The molecule has 1 rings (SSSR count). The van der Waals surface area contributed by atoms with Crippen LogP contribution in [0.4, 0.5) is 4.79 Å². The molecule has 0 aliphatic rings. The molecular weight excluding hydrogens is 322 g/mol. The lowest BCUT2D eigenvalue weighted by atomic mass is 10.1. The lowest BCUT2D eigenvalue weighted by molar-refractivity contribution is -0.137. The van der Waals surface area contributed by atoms with Gasteiger partial charge in [-0.2, -0.15) is 11.3 Å². The largest absolute Gasteiger partial charge is 0.481 e. The van der Waals surface area contributed by atoms with Crippen LogP contribution in [0.2, 0.25) is 0 Å². The minimum absolute atomic E-state index is 0.0798. The van der Waals surface area contributed by atoms with Crippen molar-refractivity contribution in [2.45, 2.75) is 12.5 Å². The first kappa shape index (κ1) is 14.7. The summed E-state index contributed by atoms with van der Waals surface area (Å²) in [6.07, 6.45) is 0.560. The molecule has 98 valence electrons. The Morgan fingerprint density at radius 1 is 1.61 bits per heavy atom. The molecule has 0 aliphatic carbocycles. The van der Waals surface area contributed by atoms with E-state index in [0.29, 0.717) is 0 Å². The highest BCUT2D eigenvalue weighted by Crippen LogP contribution is 2.29. The number of carboxylic acids is 1. The number of halogens is 1. The van der Waals surface area contributed by atoms with E-state index in [9.17, 15) is 9.59 Å². The predicted molar refractivity (Wildman–Crippen MR) is 71.7 cm³/mol. The molecule has 0 fully saturated rings. The van der Waals surface area contributed by atoms with Crippen molar-refractivity contribution in [2.75, 3.05) is 6.61 Å². The number of aliphatic carboxylic acids is 1. The number of hydrogen-bond acceptors (Lipinski definition) is 4. The fraction of sp³-hybridized carbons (Fsp3) is 0.273. The van der Waals surface area contributed by atoms with Crippen molar-refractivity contribution in [3.63, 3.8) is 0 Å². The van der Waals surface area contributed by atoms with Crippen molar-refractivity contribution in [2.24, 2.45) is 0 Å². The van der Waals surface area contributed by atoms with Gasteiger partial charge in [0.05, 0.1) is 12.5 Å². The fourth-order valence-electron chi connectivity index (χ4n) is 1.27. The lowest BCUT2D eigenvalue weighted by Gasteiger charge is -2.16. The minimum atomic E-state index is -0.998. The van der Waals surface area contributed by atoms with Gasteiger partial charge in [-0.1, -0.05) is 12.7 Å². The van der Waals surface area contributed by atoms with Gasteiger partial charge in [0, 0.05) is 9.85 Å². The molecule has 18 heavy (non-hydrogen) atoms. The summed E-state index contributed by atoms with van der Waals surface area (Å²) in [5, 5.41) is 15.0. The van der Waals surface area contributed by atoms with E-state index in [0.717, 1.165) is 10.0 Å². The molecule has 5 nitrogen and oxygen atoms in total. The Hall–Kier alpha value is -1.34. The van der Waals surface area contributed by atoms with Crippen LogP contribution in [-0.2, 0) is 9.53 Å². The summed E-state index contributed by atoms with van der Waals surface area (Å²) in [5.41, 5.74) is 0.720. The van der Waals surface area contributed by atoms with Crippen LogP contribution in [0, 0.1) is 0 Å². The molecule has 0 aliphatic heterocycles. The van der Waals surface area contributed by atoms with E-state index in [1.165, 1.54) is 17.4 Å². The first-order valence-corrected chi connectivity index (χ1v) is 6.75. The Kier molecular flexibility index (Phi) is 5.87. The monoisotopic (exact) mass is 333 g/mol. The third-order valence-electron chi connectivity index (χ3n) is 2.02. The molecular formula is C11H12BrNO4S. The van der Waals surface area contributed by atoms with E-state index in [2.05, 4.69) is 27.8 Å². The van der Waals surface area contributed by atoms with Crippen LogP contribution in [0.25, 0.3) is 0 Å². The lowest BCUT2D eigenvalue weighted by Crippen LogP contribution is -2.30. The predicted octanol–water partition coefficient (Wildman–Crippen LogP) is 2.94. The van der Waals surface area contributed by atoms with Gasteiger partial charge < -0.3 is 15.2 Å². The van der Waals surface area contributed by atoms with Gasteiger partial charge in [0.2, 0.25) is 0 Å². The zero-order valence-electron chi connectivity index (χ0n) is 9.39. The van der Waals surface area contributed by atoms with Crippen LogP contribution in [-0.4, -0.2) is 23.8 Å². The summed E-state index contributed by atoms with van der Waals surface area (Å²) >= 11 is 4.73. The standard InChI is InChI=1S/C11H12BrNO4S/c1-2-3-17-11(16)13-9(4-10(14)15)7-5-18-6-8(7)12/h2,5-6,9H,1,3-4H2,(H,13,16)(H,14,15). The summed E-state index contributed by atoms with van der Waals surface area (Å²) in [7, 11) is 0. The molecule has 0 radical (unpaired) electrons. The van der Waals surface area contributed by atoms with E-state index in [1.807, 2.05) is 5.38 Å². The molecule has 1 aromatic heterocycles. The second kappa shape index (κ2) is 7.17. The maximum atomic E-state index is 11.4. The number of alkyl carbamates (subject to hydrolysis) is 1. The number of rotatable bonds is 6. The van der Waals surface area contributed by atoms with Crippen molar-refractivity contribution < 1.29 is 19.4 Å². The molecule has 1 atom stereocenters. The highest BCUT2D eigenvalue weighted by molar-refractivity contribution is 9.10. The molecule has 0 spiro atoms. The third-order valence-corrected chi connectivity index (χ3v) is 3.77. The van der Waals surface area contributed by atoms with Gasteiger partial charge >= 0.3 is 12.1 Å². The number of nitrogens with one attached hydrogen (secondary N) is 1. The number of carbonyl (C=O) groups excluding carboxylic acids is 1. The van der Waals surface area contributed by atoms with Crippen molar-refractivity contribution >= 4 is 39.3 Å². The Labute approximate surface area is 117 Å². The topological polar surface area (TPSA) is 75.6 Å². The number of amides is 1. The summed E-state index contributed by atoms with van der Waals surface area (Å²) in [6, 6.07) is -0.625. The van der Waals surface area contributed by atoms with Crippen molar-refractivity contribution in [1.82, 2.24) is 5.32 Å². The highest BCUT2D eigenvalue weighted by atomic mass is 79.9. The second-order valence-electron chi connectivity index (χ2n) is 3.36. The van der Waals surface area contributed by atoms with E-state index in [-0.39, 0.29) is 13.0 Å². The summed E-state index contributed by atoms with van der Waals surface area (Å²) in [5.74, 6) is -0.998. The third kappa shape index (κ3) is 4.50. The summed E-state index contributed by atoms with van der Waals surface area (Å²) < 4.78 is 5.53. The molecule has 1 heterocycles. The van der Waals surface area contributed by atoms with Crippen molar-refractivity contribution in [3.05, 3.63) is 33.5 Å². The number of carbonyl (C=O) groups is 2. The first-order valence-electron chi connectivity index (χ1n) is 5.02. The molecule has 7 heteroatoms. The van der Waals surface area contributed by atoms with Gasteiger partial charge in [0.25, 0.3) is 0 Å². The molecule has 0 saturated heterocycles. The van der Waals surface area contributed by atoms with Gasteiger partial charge in [-0.3, -0.25) is 4.79 Å². The molecule has 0 aromatic carbocycles. The van der Waals surface area contributed by atoms with E-state index in [4.69, 9.17) is 9.84 Å². The first-order chi connectivity index (χ1) is 8.54. The van der Waals surface area contributed by atoms with Gasteiger partial charge in [-0.15, -0.1) is 0 Å². The van der Waals surface area contributed by atoms with E-state index < -0.39 is 18.1 Å². The normalized spacial score (nSPS) is 11.6. The second-order valence-corrected chi connectivity index (χ2v) is 4.95. The smallest absolute Gasteiger partial charge is 0.407 e. The number of ether oxygens (including phenoxy) is 1. The van der Waals surface area contributed by atoms with Gasteiger partial charge in [-0.05, 0) is 26.9 Å². The maximum Gasteiger partial charge on any atom is 0.407 e. The number of carboxylic acid groups (broad SMARTS) is 1. The van der Waals surface area contributed by atoms with Gasteiger partial charge in [0.1, 0.15) is 6.61 Å².